The molecule has 0 fully saturated rings. The van der Waals surface area contributed by atoms with Gasteiger partial charge in [0.15, 0.2) is 0 Å². The number of benzene rings is 1. The summed E-state index contributed by atoms with van der Waals surface area (Å²) in [6, 6.07) is 10.2. The van der Waals surface area contributed by atoms with E-state index in [9.17, 15) is 0 Å². The Hall–Kier alpha value is -1.95. The van der Waals surface area contributed by atoms with E-state index in [0.29, 0.717) is 6.54 Å². The minimum absolute atomic E-state index is 0. The molecule has 1 aromatic rings. The first-order valence-corrected chi connectivity index (χ1v) is 5.41. The van der Waals surface area contributed by atoms with Crippen LogP contribution in [0.2, 0.25) is 0 Å². The predicted molar refractivity (Wildman–Crippen MR) is 75.9 cm³/mol. The van der Waals surface area contributed by atoms with Crippen LogP contribution in [0.25, 0.3) is 0 Å². The summed E-state index contributed by atoms with van der Waals surface area (Å²) in [7, 11) is 0. The summed E-state index contributed by atoms with van der Waals surface area (Å²) in [6.45, 7) is 0.695. The molecule has 0 aliphatic heterocycles. The molecule has 0 aliphatic rings. The summed E-state index contributed by atoms with van der Waals surface area (Å²) in [5.74, 6) is -0.117. The first kappa shape index (κ1) is 16.1. The van der Waals surface area contributed by atoms with Crippen molar-refractivity contribution in [2.75, 3.05) is 6.54 Å². The fourth-order valence-electron chi connectivity index (χ4n) is 1.32. The van der Waals surface area contributed by atoms with E-state index >= 15 is 0 Å². The van der Waals surface area contributed by atoms with Crippen LogP contribution in [-0.2, 0) is 6.42 Å². The highest BCUT2D eigenvalue weighted by atomic mass is 35.5. The zero-order valence-electron chi connectivity index (χ0n) is 9.99. The Bertz CT molecular complexity index is 367. The number of hydrogen-bond acceptors (Lipinski definition) is 2. The lowest BCUT2D eigenvalue weighted by Crippen LogP contribution is -2.49. The number of nitrogens with one attached hydrogen (secondary N) is 5. The highest BCUT2D eigenvalue weighted by Gasteiger charge is 1.95. The molecule has 7 N–H and O–H groups in total. The number of aryl methyl sites for hydroxylation is 1. The molecule has 0 heterocycles. The number of rotatable bonds is 4. The lowest BCUT2D eigenvalue weighted by atomic mass is 10.1. The molecule has 0 bridgehead atoms. The summed E-state index contributed by atoms with van der Waals surface area (Å²) < 4.78 is 0. The van der Waals surface area contributed by atoms with Crippen molar-refractivity contribution in [1.29, 1.82) is 10.8 Å². The Balaban J connectivity index is 0.00000289. The second-order valence-electron chi connectivity index (χ2n) is 3.55. The van der Waals surface area contributed by atoms with Gasteiger partial charge in [-0.05, 0) is 18.4 Å². The van der Waals surface area contributed by atoms with Crippen molar-refractivity contribution in [3.8, 4) is 0 Å². The lowest BCUT2D eigenvalue weighted by molar-refractivity contribution is 0.725. The fourth-order valence-corrected chi connectivity index (χ4v) is 1.32. The van der Waals surface area contributed by atoms with Crippen molar-refractivity contribution < 1.29 is 0 Å². The topological polar surface area (TPSA) is 110 Å². The summed E-state index contributed by atoms with van der Waals surface area (Å²) in [4.78, 5) is 0. The molecule has 0 spiro atoms. The van der Waals surface area contributed by atoms with Crippen molar-refractivity contribution in [2.24, 2.45) is 5.73 Å². The molecule has 7 heteroatoms. The number of nitrogens with two attached hydrogens (primary N) is 1. The van der Waals surface area contributed by atoms with Gasteiger partial charge in [-0.25, -0.2) is 0 Å². The van der Waals surface area contributed by atoms with Crippen LogP contribution >= 0.6 is 12.4 Å². The van der Waals surface area contributed by atoms with E-state index < -0.39 is 0 Å². The molecule has 0 aliphatic carbocycles. The van der Waals surface area contributed by atoms with Gasteiger partial charge < -0.3 is 11.1 Å². The van der Waals surface area contributed by atoms with Crippen LogP contribution in [0.15, 0.2) is 30.3 Å². The van der Waals surface area contributed by atoms with Gasteiger partial charge in [0.25, 0.3) is 0 Å². The Labute approximate surface area is 113 Å². The highest BCUT2D eigenvalue weighted by molar-refractivity contribution is 5.85. The Morgan fingerprint density at radius 3 is 2.39 bits per heavy atom. The van der Waals surface area contributed by atoms with Crippen LogP contribution in [0.3, 0.4) is 0 Å². The molecule has 0 amide bonds. The third-order valence-corrected chi connectivity index (χ3v) is 2.11. The summed E-state index contributed by atoms with van der Waals surface area (Å²) in [6.07, 6.45) is 1.91. The quantitative estimate of drug-likeness (QED) is 0.208. The molecule has 0 aromatic heterocycles. The van der Waals surface area contributed by atoms with Gasteiger partial charge in [0.05, 0.1) is 0 Å². The van der Waals surface area contributed by atoms with Crippen molar-refractivity contribution in [3.63, 3.8) is 0 Å². The zero-order valence-corrected chi connectivity index (χ0v) is 10.8. The fraction of sp³-hybridized carbons (Fsp3) is 0.273. The molecule has 0 radical (unpaired) electrons. The van der Waals surface area contributed by atoms with E-state index in [1.54, 1.807) is 0 Å². The van der Waals surface area contributed by atoms with Crippen molar-refractivity contribution >= 4 is 24.3 Å². The van der Waals surface area contributed by atoms with E-state index in [0.717, 1.165) is 12.8 Å². The summed E-state index contributed by atoms with van der Waals surface area (Å²) in [5, 5.41) is 17.2. The minimum Gasteiger partial charge on any atom is -0.369 e. The van der Waals surface area contributed by atoms with Crippen LogP contribution in [0.5, 0.6) is 0 Å². The third-order valence-electron chi connectivity index (χ3n) is 2.11. The largest absolute Gasteiger partial charge is 0.369 e. The number of guanidine groups is 2. The van der Waals surface area contributed by atoms with Crippen LogP contribution < -0.4 is 21.9 Å². The maximum Gasteiger partial charge on any atom is 0.207 e. The van der Waals surface area contributed by atoms with Gasteiger partial charge >= 0.3 is 0 Å². The van der Waals surface area contributed by atoms with Crippen molar-refractivity contribution in [3.05, 3.63) is 35.9 Å². The van der Waals surface area contributed by atoms with E-state index in [1.165, 1.54) is 5.56 Å². The number of halogens is 1. The maximum atomic E-state index is 7.43. The smallest absolute Gasteiger partial charge is 0.207 e. The van der Waals surface area contributed by atoms with Gasteiger partial charge in [0, 0.05) is 6.54 Å². The molecule has 1 rings (SSSR count). The average Bonchev–Trinajstić information content (AvgIpc) is 2.33. The lowest BCUT2D eigenvalue weighted by Gasteiger charge is -2.10. The standard InChI is InChI=1S/C11H18N6.ClH/c12-10(13)16-17-11(14)15-8-4-7-9-5-2-1-3-6-9;/h1-3,5-6H,4,7-8H2,(H4,12,13,16)(H3,14,15,17);1H. The molecule has 18 heavy (non-hydrogen) atoms. The molecular formula is C11H19ClN6. The first-order chi connectivity index (χ1) is 8.18. The molecule has 100 valence electrons. The Kier molecular flexibility index (Phi) is 8.13. The summed E-state index contributed by atoms with van der Waals surface area (Å²) >= 11 is 0. The van der Waals surface area contributed by atoms with E-state index in [4.69, 9.17) is 16.6 Å². The van der Waals surface area contributed by atoms with Crippen molar-refractivity contribution in [1.82, 2.24) is 16.2 Å². The molecule has 1 aromatic carbocycles. The minimum atomic E-state index is -0.221. The second-order valence-corrected chi connectivity index (χ2v) is 3.55. The predicted octanol–water partition coefficient (Wildman–Crippen LogP) is 0.553. The van der Waals surface area contributed by atoms with Crippen molar-refractivity contribution in [2.45, 2.75) is 12.8 Å². The third kappa shape index (κ3) is 7.34. The zero-order chi connectivity index (χ0) is 12.5. The highest BCUT2D eigenvalue weighted by Crippen LogP contribution is 2.01. The van der Waals surface area contributed by atoms with Crippen LogP contribution in [0, 0.1) is 10.8 Å². The molecule has 0 saturated carbocycles. The molecule has 0 atom stereocenters. The van der Waals surface area contributed by atoms with Gasteiger partial charge in [-0.15, -0.1) is 12.4 Å². The monoisotopic (exact) mass is 270 g/mol. The normalized spacial score (nSPS) is 8.89. The SMILES string of the molecule is Cl.N=C(N)NNC(=N)NCCCc1ccccc1. The van der Waals surface area contributed by atoms with E-state index in [1.807, 2.05) is 18.2 Å². The average molecular weight is 271 g/mol. The second kappa shape index (κ2) is 9.12. The van der Waals surface area contributed by atoms with Gasteiger partial charge in [0.1, 0.15) is 0 Å². The molecular weight excluding hydrogens is 252 g/mol. The number of hydrogen-bond donors (Lipinski definition) is 6. The summed E-state index contributed by atoms with van der Waals surface area (Å²) in [5.41, 5.74) is 11.1. The molecule has 0 unspecified atom stereocenters. The van der Waals surface area contributed by atoms with Crippen LogP contribution in [-0.4, -0.2) is 18.5 Å². The van der Waals surface area contributed by atoms with Gasteiger partial charge in [-0.1, -0.05) is 30.3 Å². The Morgan fingerprint density at radius 1 is 1.11 bits per heavy atom. The van der Waals surface area contributed by atoms with Gasteiger partial charge in [-0.2, -0.15) is 0 Å². The maximum absolute atomic E-state index is 7.43. The molecule has 6 nitrogen and oxygen atoms in total. The van der Waals surface area contributed by atoms with E-state index in [-0.39, 0.29) is 24.3 Å². The first-order valence-electron chi connectivity index (χ1n) is 5.41. The van der Waals surface area contributed by atoms with Crippen LogP contribution in [0.4, 0.5) is 0 Å². The number of hydrazine groups is 1. The Morgan fingerprint density at radius 2 is 1.78 bits per heavy atom. The van der Waals surface area contributed by atoms with E-state index in [2.05, 4.69) is 28.3 Å². The molecule has 0 saturated heterocycles. The van der Waals surface area contributed by atoms with Crippen LogP contribution in [0.1, 0.15) is 12.0 Å². The van der Waals surface area contributed by atoms with Gasteiger partial charge in [-0.3, -0.25) is 21.7 Å². The van der Waals surface area contributed by atoms with Gasteiger partial charge in [0.2, 0.25) is 11.9 Å².